The number of hydrogen-bond donors (Lipinski definition) is 1. The van der Waals surface area contributed by atoms with Gasteiger partial charge in [0.2, 0.25) is 0 Å². The van der Waals surface area contributed by atoms with Crippen LogP contribution in [-0.4, -0.2) is 67.6 Å². The molecule has 1 N–H and O–H groups in total. The SMILES string of the molecule is CN(C(=O)Oc1c(N2CCN(C3CCOC(CO)C3)C2=O)cc(C(F)(F)F)cc1C(F)(F)F)c1ccc(F)cc1. The summed E-state index contributed by atoms with van der Waals surface area (Å²) in [4.78, 5) is 28.9. The maximum absolute atomic E-state index is 14.1. The summed E-state index contributed by atoms with van der Waals surface area (Å²) >= 11 is 0. The van der Waals surface area contributed by atoms with Gasteiger partial charge in [-0.1, -0.05) is 0 Å². The Hall–Kier alpha value is -3.59. The average molecular weight is 579 g/mol. The fourth-order valence-electron chi connectivity index (χ4n) is 4.61. The lowest BCUT2D eigenvalue weighted by molar-refractivity contribution is -0.143. The smallest absolute Gasteiger partial charge is 0.407 e. The van der Waals surface area contributed by atoms with Gasteiger partial charge in [0.05, 0.1) is 24.0 Å². The van der Waals surface area contributed by atoms with E-state index in [2.05, 4.69) is 0 Å². The van der Waals surface area contributed by atoms with Crippen LogP contribution in [0.3, 0.4) is 0 Å². The Morgan fingerprint density at radius 2 is 1.77 bits per heavy atom. The zero-order chi connectivity index (χ0) is 29.4. The van der Waals surface area contributed by atoms with E-state index in [9.17, 15) is 45.4 Å². The Morgan fingerprint density at radius 3 is 2.38 bits per heavy atom. The topological polar surface area (TPSA) is 82.6 Å². The number of carbonyl (C=O) groups excluding carboxylic acids is 2. The van der Waals surface area contributed by atoms with Gasteiger partial charge in [0.25, 0.3) is 0 Å². The fraction of sp³-hybridized carbons (Fsp3) is 0.440. The molecule has 218 valence electrons. The standard InChI is InChI=1S/C25H24F7N3O5/c1-33(16-4-2-15(26)3-5-16)23(38)40-21-19(25(30,31)32)10-14(24(27,28)29)11-20(21)35-8-7-34(22(35)37)17-6-9-39-18(12-17)13-36/h2-5,10-11,17-18,36H,6-9,12-13H2,1H3. The average Bonchev–Trinajstić information content (AvgIpc) is 3.28. The Labute approximate surface area is 223 Å². The summed E-state index contributed by atoms with van der Waals surface area (Å²) in [5, 5.41) is 9.40. The van der Waals surface area contributed by atoms with Gasteiger partial charge in [-0.3, -0.25) is 9.80 Å². The third-order valence-corrected chi connectivity index (χ3v) is 6.70. The van der Waals surface area contributed by atoms with Crippen molar-refractivity contribution >= 4 is 23.5 Å². The van der Waals surface area contributed by atoms with Crippen LogP contribution in [-0.2, 0) is 17.1 Å². The molecule has 2 aliphatic rings. The van der Waals surface area contributed by atoms with E-state index in [0.717, 1.165) is 36.2 Å². The number of anilines is 2. The van der Waals surface area contributed by atoms with Crippen LogP contribution in [0.25, 0.3) is 0 Å². The molecule has 0 saturated carbocycles. The van der Waals surface area contributed by atoms with E-state index >= 15 is 0 Å². The minimum absolute atomic E-state index is 0.0230. The maximum Gasteiger partial charge on any atom is 0.420 e. The second-order valence-electron chi connectivity index (χ2n) is 9.25. The Kier molecular flexibility index (Phi) is 8.17. The molecule has 2 aromatic rings. The lowest BCUT2D eigenvalue weighted by atomic mass is 10.0. The highest BCUT2D eigenvalue weighted by molar-refractivity contribution is 5.98. The van der Waals surface area contributed by atoms with Crippen LogP contribution in [0.1, 0.15) is 24.0 Å². The van der Waals surface area contributed by atoms with E-state index < -0.39 is 65.0 Å². The van der Waals surface area contributed by atoms with Gasteiger partial charge < -0.3 is 19.5 Å². The van der Waals surface area contributed by atoms with E-state index in [0.29, 0.717) is 17.4 Å². The van der Waals surface area contributed by atoms with Gasteiger partial charge in [-0.2, -0.15) is 26.3 Å². The van der Waals surface area contributed by atoms with E-state index in [-0.39, 0.29) is 44.5 Å². The summed E-state index contributed by atoms with van der Waals surface area (Å²) in [6.07, 6.45) is -12.1. The minimum atomic E-state index is -5.41. The Bertz CT molecular complexity index is 1250. The number of nitrogens with zero attached hydrogens (tertiary/aromatic N) is 3. The molecule has 2 saturated heterocycles. The zero-order valence-electron chi connectivity index (χ0n) is 20.9. The summed E-state index contributed by atoms with van der Waals surface area (Å²) in [6.45, 7) is -0.467. The molecule has 2 heterocycles. The highest BCUT2D eigenvalue weighted by Gasteiger charge is 2.45. The number of alkyl halides is 6. The van der Waals surface area contributed by atoms with Gasteiger partial charge in [0, 0.05) is 38.5 Å². The molecule has 15 heteroatoms. The Morgan fingerprint density at radius 1 is 1.10 bits per heavy atom. The zero-order valence-corrected chi connectivity index (χ0v) is 20.9. The molecular weight excluding hydrogens is 555 g/mol. The van der Waals surface area contributed by atoms with Crippen molar-refractivity contribution in [1.82, 2.24) is 4.90 Å². The number of ether oxygens (including phenoxy) is 2. The number of benzene rings is 2. The number of amides is 3. The van der Waals surface area contributed by atoms with E-state index in [1.54, 1.807) is 0 Å². The van der Waals surface area contributed by atoms with Crippen molar-refractivity contribution in [3.05, 3.63) is 53.3 Å². The predicted molar refractivity (Wildman–Crippen MR) is 127 cm³/mol. The number of urea groups is 1. The highest BCUT2D eigenvalue weighted by atomic mass is 19.4. The van der Waals surface area contributed by atoms with Gasteiger partial charge in [-0.05, 0) is 49.2 Å². The quantitative estimate of drug-likeness (QED) is 0.488. The van der Waals surface area contributed by atoms with Crippen LogP contribution in [0.2, 0.25) is 0 Å². The summed E-state index contributed by atoms with van der Waals surface area (Å²) in [5.74, 6) is -1.93. The molecule has 2 aromatic carbocycles. The van der Waals surface area contributed by atoms with Gasteiger partial charge in [0.1, 0.15) is 11.4 Å². The van der Waals surface area contributed by atoms with Crippen LogP contribution in [0, 0.1) is 5.82 Å². The summed E-state index contributed by atoms with van der Waals surface area (Å²) in [5.41, 5.74) is -4.47. The van der Waals surface area contributed by atoms with Crippen LogP contribution in [0.15, 0.2) is 36.4 Å². The van der Waals surface area contributed by atoms with Crippen molar-refractivity contribution in [1.29, 1.82) is 0 Å². The van der Waals surface area contributed by atoms with Gasteiger partial charge in [-0.25, -0.2) is 14.0 Å². The first-order valence-corrected chi connectivity index (χ1v) is 12.0. The lowest BCUT2D eigenvalue weighted by Gasteiger charge is -2.34. The molecule has 4 rings (SSSR count). The molecule has 0 bridgehead atoms. The number of aliphatic hydroxyl groups excluding tert-OH is 1. The third kappa shape index (κ3) is 6.09. The molecule has 0 spiro atoms. The minimum Gasteiger partial charge on any atom is -0.407 e. The van der Waals surface area contributed by atoms with Crippen LogP contribution >= 0.6 is 0 Å². The fourth-order valence-corrected chi connectivity index (χ4v) is 4.61. The van der Waals surface area contributed by atoms with Crippen LogP contribution < -0.4 is 14.5 Å². The first-order chi connectivity index (χ1) is 18.7. The lowest BCUT2D eigenvalue weighted by Crippen LogP contribution is -2.45. The second kappa shape index (κ2) is 11.1. The summed E-state index contributed by atoms with van der Waals surface area (Å²) in [7, 11) is 1.11. The molecule has 8 nitrogen and oxygen atoms in total. The van der Waals surface area contributed by atoms with E-state index in [1.165, 1.54) is 4.90 Å². The van der Waals surface area contributed by atoms with Crippen LogP contribution in [0.4, 0.5) is 51.7 Å². The Balaban J connectivity index is 1.75. The molecule has 0 aromatic heterocycles. The number of hydrogen-bond acceptors (Lipinski definition) is 5. The largest absolute Gasteiger partial charge is 0.420 e. The molecule has 40 heavy (non-hydrogen) atoms. The van der Waals surface area contributed by atoms with E-state index in [1.807, 2.05) is 0 Å². The van der Waals surface area contributed by atoms with Gasteiger partial charge in [-0.15, -0.1) is 0 Å². The number of rotatable bonds is 5. The van der Waals surface area contributed by atoms with Gasteiger partial charge in [0.15, 0.2) is 5.75 Å². The second-order valence-corrected chi connectivity index (χ2v) is 9.25. The van der Waals surface area contributed by atoms with Crippen LogP contribution in [0.5, 0.6) is 5.75 Å². The molecule has 2 fully saturated rings. The summed E-state index contributed by atoms with van der Waals surface area (Å²) < 4.78 is 107. The first-order valence-electron chi connectivity index (χ1n) is 12.0. The molecular formula is C25H24F7N3O5. The van der Waals surface area contributed by atoms with Crippen molar-refractivity contribution in [3.8, 4) is 5.75 Å². The predicted octanol–water partition coefficient (Wildman–Crippen LogP) is 5.28. The molecule has 0 radical (unpaired) electrons. The van der Waals surface area contributed by atoms with Gasteiger partial charge >= 0.3 is 24.5 Å². The number of halogens is 7. The van der Waals surface area contributed by atoms with Crippen molar-refractivity contribution < 1.29 is 54.9 Å². The molecule has 0 aliphatic carbocycles. The van der Waals surface area contributed by atoms with E-state index in [4.69, 9.17) is 9.47 Å². The maximum atomic E-state index is 14.1. The molecule has 2 atom stereocenters. The van der Waals surface area contributed by atoms with Crippen molar-refractivity contribution in [2.75, 3.05) is 43.2 Å². The normalized spacial score (nSPS) is 20.2. The van der Waals surface area contributed by atoms with Crippen molar-refractivity contribution in [2.24, 2.45) is 0 Å². The molecule has 3 amide bonds. The van der Waals surface area contributed by atoms with Crippen molar-refractivity contribution in [3.63, 3.8) is 0 Å². The third-order valence-electron chi connectivity index (χ3n) is 6.70. The molecule has 2 unspecified atom stereocenters. The highest BCUT2D eigenvalue weighted by Crippen LogP contribution is 2.47. The number of carbonyl (C=O) groups is 2. The number of aliphatic hydroxyl groups is 1. The summed E-state index contributed by atoms with van der Waals surface area (Å²) in [6, 6.07) is 3.03. The molecule has 2 aliphatic heterocycles. The first kappa shape index (κ1) is 29.4. The van der Waals surface area contributed by atoms with Crippen molar-refractivity contribution in [2.45, 2.75) is 37.3 Å². The monoisotopic (exact) mass is 579 g/mol.